The Balaban J connectivity index is 1.87. The van der Waals surface area contributed by atoms with Crippen LogP contribution in [-0.2, 0) is 10.2 Å². The van der Waals surface area contributed by atoms with Crippen LogP contribution in [0.1, 0.15) is 32.8 Å². The Labute approximate surface area is 187 Å². The van der Waals surface area contributed by atoms with E-state index < -0.39 is 13.5 Å². The van der Waals surface area contributed by atoms with E-state index in [1.807, 2.05) is 18.2 Å². The molecule has 0 N–H and O–H groups in total. The molecule has 0 unspecified atom stereocenters. The van der Waals surface area contributed by atoms with Crippen LogP contribution < -0.4 is 10.4 Å². The fourth-order valence-electron chi connectivity index (χ4n) is 5.68. The van der Waals surface area contributed by atoms with E-state index in [9.17, 15) is 4.79 Å². The molecule has 0 spiro atoms. The Bertz CT molecular complexity index is 1010. The van der Waals surface area contributed by atoms with Gasteiger partial charge in [0.2, 0.25) is 0 Å². The SMILES string of the molecule is C=CC(=O)[C@@]1(c2ccccc2)C[C@@H]1C[Si](c1ccccc1)(c1ccccc1)C(C)(C)C. The summed E-state index contributed by atoms with van der Waals surface area (Å²) in [7, 11) is -2.22. The molecule has 1 fully saturated rings. The Morgan fingerprint density at radius 1 is 0.903 bits per heavy atom. The maximum absolute atomic E-state index is 13.2. The highest BCUT2D eigenvalue weighted by atomic mass is 28.3. The summed E-state index contributed by atoms with van der Waals surface area (Å²) < 4.78 is 0. The largest absolute Gasteiger partial charge is 0.294 e. The van der Waals surface area contributed by atoms with Crippen LogP contribution in [-0.4, -0.2) is 13.9 Å². The van der Waals surface area contributed by atoms with Gasteiger partial charge in [-0.25, -0.2) is 0 Å². The first-order valence-corrected chi connectivity index (χ1v) is 13.4. The van der Waals surface area contributed by atoms with Crippen molar-refractivity contribution in [2.45, 2.75) is 43.7 Å². The molecule has 2 atom stereocenters. The number of rotatable bonds is 7. The van der Waals surface area contributed by atoms with Gasteiger partial charge in [0, 0.05) is 0 Å². The Morgan fingerprint density at radius 2 is 1.35 bits per heavy atom. The normalized spacial score (nSPS) is 20.8. The summed E-state index contributed by atoms with van der Waals surface area (Å²) in [4.78, 5) is 13.2. The minimum absolute atomic E-state index is 0.0952. The third-order valence-corrected chi connectivity index (χ3v) is 13.7. The number of benzene rings is 3. The van der Waals surface area contributed by atoms with Gasteiger partial charge in [0.25, 0.3) is 0 Å². The molecule has 1 saturated carbocycles. The molecular weight excluding hydrogens is 392 g/mol. The summed E-state index contributed by atoms with van der Waals surface area (Å²) in [6, 6.07) is 33.5. The average molecular weight is 425 g/mol. The van der Waals surface area contributed by atoms with Gasteiger partial charge >= 0.3 is 0 Å². The van der Waals surface area contributed by atoms with Crippen LogP contribution in [0.2, 0.25) is 11.1 Å². The molecule has 4 rings (SSSR count). The van der Waals surface area contributed by atoms with Gasteiger partial charge in [0.1, 0.15) is 8.07 Å². The van der Waals surface area contributed by atoms with Crippen molar-refractivity contribution in [1.29, 1.82) is 0 Å². The lowest BCUT2D eigenvalue weighted by atomic mass is 9.89. The van der Waals surface area contributed by atoms with Crippen LogP contribution in [0.5, 0.6) is 0 Å². The van der Waals surface area contributed by atoms with Crippen LogP contribution in [0.4, 0.5) is 0 Å². The highest BCUT2D eigenvalue weighted by molar-refractivity contribution is 7.04. The summed E-state index contributed by atoms with van der Waals surface area (Å²) in [5.41, 5.74) is 0.721. The first-order chi connectivity index (χ1) is 14.9. The van der Waals surface area contributed by atoms with Crippen molar-refractivity contribution >= 4 is 24.2 Å². The van der Waals surface area contributed by atoms with Gasteiger partial charge in [-0.15, -0.1) is 0 Å². The molecule has 2 heteroatoms. The second kappa shape index (κ2) is 8.09. The van der Waals surface area contributed by atoms with Gasteiger partial charge in [-0.3, -0.25) is 4.79 Å². The molecule has 1 aliphatic carbocycles. The lowest BCUT2D eigenvalue weighted by Gasteiger charge is -2.45. The summed E-state index contributed by atoms with van der Waals surface area (Å²) in [5.74, 6) is 0.494. The molecular formula is C29H32OSi. The van der Waals surface area contributed by atoms with Gasteiger partial charge in [0.05, 0.1) is 5.41 Å². The zero-order chi connectivity index (χ0) is 22.1. The first kappa shape index (κ1) is 21.5. The van der Waals surface area contributed by atoms with Crippen molar-refractivity contribution in [2.75, 3.05) is 0 Å². The molecule has 1 nitrogen and oxygen atoms in total. The summed E-state index contributed by atoms with van der Waals surface area (Å²) >= 11 is 0. The molecule has 3 aromatic carbocycles. The topological polar surface area (TPSA) is 17.1 Å². The van der Waals surface area contributed by atoms with Crippen molar-refractivity contribution in [3.63, 3.8) is 0 Å². The minimum atomic E-state index is -2.22. The molecule has 0 bridgehead atoms. The van der Waals surface area contributed by atoms with E-state index in [0.717, 1.165) is 18.0 Å². The van der Waals surface area contributed by atoms with Crippen LogP contribution in [0.25, 0.3) is 0 Å². The Hall–Kier alpha value is -2.71. The molecule has 0 saturated heterocycles. The molecule has 0 radical (unpaired) electrons. The van der Waals surface area contributed by atoms with E-state index in [1.54, 1.807) is 6.08 Å². The van der Waals surface area contributed by atoms with Crippen molar-refractivity contribution in [1.82, 2.24) is 0 Å². The third-order valence-electron chi connectivity index (χ3n) is 7.39. The standard InChI is InChI=1S/C29H32OSi/c1-5-27(30)29(23-15-9-6-10-16-23)21-24(29)22-31(28(2,3)4,25-17-11-7-12-18-25)26-19-13-8-14-20-26/h5-20,24H,1,21-22H2,2-4H3/t24-,29-/m1/s1. The Morgan fingerprint density at radius 3 is 1.77 bits per heavy atom. The van der Waals surface area contributed by atoms with Crippen LogP contribution in [0.15, 0.2) is 104 Å². The second-order valence-electron chi connectivity index (χ2n) is 9.90. The molecule has 3 aromatic rings. The molecule has 0 aromatic heterocycles. The predicted molar refractivity (Wildman–Crippen MR) is 134 cm³/mol. The van der Waals surface area contributed by atoms with E-state index in [0.29, 0.717) is 5.92 Å². The third kappa shape index (κ3) is 3.53. The maximum atomic E-state index is 13.2. The number of hydrogen-bond donors (Lipinski definition) is 0. The molecule has 1 aliphatic rings. The number of allylic oxidation sites excluding steroid dienone is 1. The zero-order valence-corrected chi connectivity index (χ0v) is 19.8. The number of ketones is 1. The van der Waals surface area contributed by atoms with Crippen molar-refractivity contribution < 1.29 is 4.79 Å². The first-order valence-electron chi connectivity index (χ1n) is 11.2. The van der Waals surface area contributed by atoms with Gasteiger partial charge in [0.15, 0.2) is 5.78 Å². The lowest BCUT2D eigenvalue weighted by molar-refractivity contribution is -0.117. The zero-order valence-electron chi connectivity index (χ0n) is 18.8. The molecule has 0 heterocycles. The monoisotopic (exact) mass is 424 g/mol. The summed E-state index contributed by atoms with van der Waals surface area (Å²) in [5, 5.41) is 3.00. The van der Waals surface area contributed by atoms with Crippen molar-refractivity contribution in [2.24, 2.45) is 5.92 Å². The Kier molecular flexibility index (Phi) is 5.61. The molecule has 0 aliphatic heterocycles. The summed E-state index contributed by atoms with van der Waals surface area (Å²) in [6.45, 7) is 11.0. The number of carbonyl (C=O) groups is 1. The van der Waals surface area contributed by atoms with Gasteiger partial charge in [-0.05, 0) is 35.1 Å². The van der Waals surface area contributed by atoms with Gasteiger partial charge in [-0.1, -0.05) is 129 Å². The minimum Gasteiger partial charge on any atom is -0.294 e. The van der Waals surface area contributed by atoms with E-state index in [4.69, 9.17) is 0 Å². The lowest BCUT2D eigenvalue weighted by Crippen LogP contribution is -2.64. The number of hydrogen-bond acceptors (Lipinski definition) is 1. The fraction of sp³-hybridized carbons (Fsp3) is 0.276. The molecule has 158 valence electrons. The van der Waals surface area contributed by atoms with Crippen LogP contribution in [0, 0.1) is 5.92 Å². The summed E-state index contributed by atoms with van der Waals surface area (Å²) in [6.07, 6.45) is 2.45. The van der Waals surface area contributed by atoms with E-state index >= 15 is 0 Å². The van der Waals surface area contributed by atoms with E-state index in [1.165, 1.54) is 10.4 Å². The van der Waals surface area contributed by atoms with Gasteiger partial charge < -0.3 is 0 Å². The second-order valence-corrected chi connectivity index (χ2v) is 14.8. The smallest absolute Gasteiger partial charge is 0.165 e. The highest BCUT2D eigenvalue weighted by Crippen LogP contribution is 2.60. The van der Waals surface area contributed by atoms with Gasteiger partial charge in [-0.2, -0.15) is 0 Å². The molecule has 0 amide bonds. The number of carbonyl (C=O) groups excluding carboxylic acids is 1. The van der Waals surface area contributed by atoms with E-state index in [2.05, 4.69) is 100 Å². The molecule has 31 heavy (non-hydrogen) atoms. The maximum Gasteiger partial charge on any atom is 0.165 e. The highest BCUT2D eigenvalue weighted by Gasteiger charge is 2.63. The predicted octanol–water partition coefficient (Wildman–Crippen LogP) is 5.76. The average Bonchev–Trinajstić information content (AvgIpc) is 3.53. The van der Waals surface area contributed by atoms with Crippen LogP contribution >= 0.6 is 0 Å². The van der Waals surface area contributed by atoms with E-state index in [-0.39, 0.29) is 10.8 Å². The van der Waals surface area contributed by atoms with Crippen LogP contribution in [0.3, 0.4) is 0 Å². The quantitative estimate of drug-likeness (QED) is 0.348. The fourth-order valence-corrected chi connectivity index (χ4v) is 11.6. The van der Waals surface area contributed by atoms with Crippen molar-refractivity contribution in [3.05, 3.63) is 109 Å². The van der Waals surface area contributed by atoms with Crippen molar-refractivity contribution in [3.8, 4) is 0 Å².